The Hall–Kier alpha value is -1.35. The summed E-state index contributed by atoms with van der Waals surface area (Å²) >= 11 is 0. The van der Waals surface area contributed by atoms with Crippen LogP contribution in [0.3, 0.4) is 0 Å². The normalized spacial score (nSPS) is 10.3. The van der Waals surface area contributed by atoms with Gasteiger partial charge >= 0.3 is 0 Å². The number of benzene rings is 1. The molecule has 0 aromatic heterocycles. The Kier molecular flexibility index (Phi) is 5.70. The number of aryl methyl sites for hydroxylation is 1. The smallest absolute Gasteiger partial charge is 0.253 e. The molecule has 1 amide bonds. The fourth-order valence-corrected chi connectivity index (χ4v) is 1.72. The van der Waals surface area contributed by atoms with Crippen molar-refractivity contribution in [2.45, 2.75) is 20.3 Å². The molecule has 0 aliphatic heterocycles. The van der Waals surface area contributed by atoms with Crippen LogP contribution >= 0.6 is 0 Å². The molecular formula is C14H22N2O. The van der Waals surface area contributed by atoms with Crippen molar-refractivity contribution < 1.29 is 4.79 Å². The predicted octanol–water partition coefficient (Wildman–Crippen LogP) is 1.93. The van der Waals surface area contributed by atoms with Gasteiger partial charge in [-0.3, -0.25) is 4.79 Å². The van der Waals surface area contributed by atoms with Gasteiger partial charge in [0, 0.05) is 25.2 Å². The summed E-state index contributed by atoms with van der Waals surface area (Å²) in [5.41, 5.74) is 2.04. The second kappa shape index (κ2) is 7.07. The lowest BCUT2D eigenvalue weighted by Gasteiger charge is -2.20. The van der Waals surface area contributed by atoms with Crippen molar-refractivity contribution >= 4 is 5.91 Å². The van der Waals surface area contributed by atoms with E-state index in [1.807, 2.05) is 43.1 Å². The summed E-state index contributed by atoms with van der Waals surface area (Å²) < 4.78 is 0. The average Bonchev–Trinajstić information content (AvgIpc) is 2.39. The maximum absolute atomic E-state index is 12.2. The van der Waals surface area contributed by atoms with Crippen LogP contribution in [0.2, 0.25) is 0 Å². The highest BCUT2D eigenvalue weighted by Crippen LogP contribution is 2.08. The van der Waals surface area contributed by atoms with Gasteiger partial charge in [0.1, 0.15) is 0 Å². The highest BCUT2D eigenvalue weighted by molar-refractivity contribution is 5.94. The lowest BCUT2D eigenvalue weighted by atomic mass is 10.1. The topological polar surface area (TPSA) is 32.3 Å². The minimum atomic E-state index is 0.116. The summed E-state index contributed by atoms with van der Waals surface area (Å²) in [6.07, 6.45) is 1.01. The van der Waals surface area contributed by atoms with Crippen molar-refractivity contribution in [3.05, 3.63) is 35.4 Å². The van der Waals surface area contributed by atoms with Crippen molar-refractivity contribution in [1.29, 1.82) is 0 Å². The molecule has 0 spiro atoms. The molecule has 0 unspecified atom stereocenters. The monoisotopic (exact) mass is 234 g/mol. The van der Waals surface area contributed by atoms with Crippen molar-refractivity contribution in [3.8, 4) is 0 Å². The van der Waals surface area contributed by atoms with Crippen LogP contribution in [0, 0.1) is 0 Å². The van der Waals surface area contributed by atoms with Gasteiger partial charge in [0.05, 0.1) is 0 Å². The first-order chi connectivity index (χ1) is 8.22. The molecule has 0 bridgehead atoms. The number of carbonyl (C=O) groups excluding carboxylic acids is 1. The van der Waals surface area contributed by atoms with Crippen LogP contribution in [0.25, 0.3) is 0 Å². The van der Waals surface area contributed by atoms with Gasteiger partial charge in [0.15, 0.2) is 0 Å². The zero-order valence-electron chi connectivity index (χ0n) is 11.0. The van der Waals surface area contributed by atoms with E-state index in [1.54, 1.807) is 0 Å². The third kappa shape index (κ3) is 3.86. The third-order valence-electron chi connectivity index (χ3n) is 2.91. The molecule has 1 rings (SSSR count). The van der Waals surface area contributed by atoms with E-state index >= 15 is 0 Å². The van der Waals surface area contributed by atoms with Gasteiger partial charge in [0.2, 0.25) is 0 Å². The summed E-state index contributed by atoms with van der Waals surface area (Å²) in [5.74, 6) is 0.116. The molecule has 0 heterocycles. The van der Waals surface area contributed by atoms with Crippen molar-refractivity contribution in [3.63, 3.8) is 0 Å². The summed E-state index contributed by atoms with van der Waals surface area (Å²) in [7, 11) is 1.90. The molecule has 3 heteroatoms. The van der Waals surface area contributed by atoms with Crippen molar-refractivity contribution in [2.75, 3.05) is 26.7 Å². The standard InChI is InChI=1S/C14H22N2O/c1-4-12-6-8-13(9-7-12)14(17)16(5-2)11-10-15-3/h6-9,15H,4-5,10-11H2,1-3H3. The number of amides is 1. The van der Waals surface area contributed by atoms with Gasteiger partial charge in [-0.1, -0.05) is 19.1 Å². The van der Waals surface area contributed by atoms with Crippen LogP contribution in [-0.4, -0.2) is 37.5 Å². The van der Waals surface area contributed by atoms with Gasteiger partial charge < -0.3 is 10.2 Å². The first kappa shape index (κ1) is 13.7. The largest absolute Gasteiger partial charge is 0.338 e. The number of nitrogens with one attached hydrogen (secondary N) is 1. The fraction of sp³-hybridized carbons (Fsp3) is 0.500. The second-order valence-corrected chi connectivity index (χ2v) is 4.04. The Labute approximate surface area is 104 Å². The van der Waals surface area contributed by atoms with Gasteiger partial charge in [-0.05, 0) is 38.1 Å². The Morgan fingerprint density at radius 2 is 1.88 bits per heavy atom. The number of rotatable bonds is 6. The summed E-state index contributed by atoms with van der Waals surface area (Å²) in [4.78, 5) is 14.0. The number of carbonyl (C=O) groups is 1. The van der Waals surface area contributed by atoms with E-state index < -0.39 is 0 Å². The van der Waals surface area contributed by atoms with E-state index in [2.05, 4.69) is 12.2 Å². The molecule has 17 heavy (non-hydrogen) atoms. The van der Waals surface area contributed by atoms with Crippen molar-refractivity contribution in [1.82, 2.24) is 10.2 Å². The van der Waals surface area contributed by atoms with E-state index in [4.69, 9.17) is 0 Å². The molecule has 0 aliphatic carbocycles. The van der Waals surface area contributed by atoms with E-state index in [-0.39, 0.29) is 5.91 Å². The Morgan fingerprint density at radius 3 is 2.35 bits per heavy atom. The molecule has 0 saturated heterocycles. The van der Waals surface area contributed by atoms with E-state index in [9.17, 15) is 4.79 Å². The number of nitrogens with zero attached hydrogens (tertiary/aromatic N) is 1. The highest BCUT2D eigenvalue weighted by atomic mass is 16.2. The molecule has 0 aliphatic rings. The summed E-state index contributed by atoms with van der Waals surface area (Å²) in [5, 5.41) is 3.06. The molecular weight excluding hydrogens is 212 g/mol. The van der Waals surface area contributed by atoms with Crippen LogP contribution in [0.1, 0.15) is 29.8 Å². The molecule has 0 radical (unpaired) electrons. The van der Waals surface area contributed by atoms with Crippen LogP contribution < -0.4 is 5.32 Å². The van der Waals surface area contributed by atoms with Crippen LogP contribution in [0.15, 0.2) is 24.3 Å². The molecule has 94 valence electrons. The molecule has 1 N–H and O–H groups in total. The minimum absolute atomic E-state index is 0.116. The van der Waals surface area contributed by atoms with Crippen LogP contribution in [-0.2, 0) is 6.42 Å². The zero-order valence-corrected chi connectivity index (χ0v) is 11.0. The number of hydrogen-bond acceptors (Lipinski definition) is 2. The maximum Gasteiger partial charge on any atom is 0.253 e. The third-order valence-corrected chi connectivity index (χ3v) is 2.91. The van der Waals surface area contributed by atoms with Gasteiger partial charge in [-0.2, -0.15) is 0 Å². The summed E-state index contributed by atoms with van der Waals surface area (Å²) in [6.45, 7) is 6.44. The molecule has 0 atom stereocenters. The first-order valence-corrected chi connectivity index (χ1v) is 6.25. The van der Waals surface area contributed by atoms with E-state index in [1.165, 1.54) is 5.56 Å². The molecule has 0 fully saturated rings. The van der Waals surface area contributed by atoms with Crippen LogP contribution in [0.4, 0.5) is 0 Å². The van der Waals surface area contributed by atoms with E-state index in [0.29, 0.717) is 0 Å². The number of hydrogen-bond donors (Lipinski definition) is 1. The molecule has 1 aromatic carbocycles. The maximum atomic E-state index is 12.2. The fourth-order valence-electron chi connectivity index (χ4n) is 1.72. The lowest BCUT2D eigenvalue weighted by molar-refractivity contribution is 0.0766. The average molecular weight is 234 g/mol. The lowest BCUT2D eigenvalue weighted by Crippen LogP contribution is -2.35. The quantitative estimate of drug-likeness (QED) is 0.815. The second-order valence-electron chi connectivity index (χ2n) is 4.04. The van der Waals surface area contributed by atoms with E-state index in [0.717, 1.165) is 31.6 Å². The SMILES string of the molecule is CCc1ccc(C(=O)N(CC)CCNC)cc1. The van der Waals surface area contributed by atoms with Gasteiger partial charge in [0.25, 0.3) is 5.91 Å². The zero-order chi connectivity index (χ0) is 12.7. The Bertz CT molecular complexity index is 346. The number of likely N-dealkylation sites (N-methyl/N-ethyl adjacent to an activating group) is 2. The summed E-state index contributed by atoms with van der Waals surface area (Å²) in [6, 6.07) is 7.89. The first-order valence-electron chi connectivity index (χ1n) is 6.25. The molecule has 0 saturated carbocycles. The molecule has 1 aromatic rings. The predicted molar refractivity (Wildman–Crippen MR) is 71.3 cm³/mol. The van der Waals surface area contributed by atoms with Gasteiger partial charge in [-0.25, -0.2) is 0 Å². The van der Waals surface area contributed by atoms with Crippen molar-refractivity contribution in [2.24, 2.45) is 0 Å². The Morgan fingerprint density at radius 1 is 1.24 bits per heavy atom. The minimum Gasteiger partial charge on any atom is -0.338 e. The van der Waals surface area contributed by atoms with Gasteiger partial charge in [-0.15, -0.1) is 0 Å². The highest BCUT2D eigenvalue weighted by Gasteiger charge is 2.12. The Balaban J connectivity index is 2.71. The molecule has 3 nitrogen and oxygen atoms in total. The van der Waals surface area contributed by atoms with Crippen LogP contribution in [0.5, 0.6) is 0 Å².